The Bertz CT molecular complexity index is 641. The average molecular weight is 299 g/mol. The molecule has 1 unspecified atom stereocenters. The number of fused-ring (bicyclic) bond motifs is 1. The molecule has 1 atom stereocenters. The lowest BCUT2D eigenvalue weighted by atomic mass is 9.87. The van der Waals surface area contributed by atoms with Gasteiger partial charge >= 0.3 is 0 Å². The summed E-state index contributed by atoms with van der Waals surface area (Å²) in [5, 5.41) is 3.45. The Kier molecular flexibility index (Phi) is 4.05. The minimum atomic E-state index is 0.417. The number of nitrogens with one attached hydrogen (secondary N) is 1. The van der Waals surface area contributed by atoms with Crippen LogP contribution in [0.25, 0.3) is 5.65 Å². The maximum absolute atomic E-state index is 4.62. The van der Waals surface area contributed by atoms with Crippen molar-refractivity contribution < 1.29 is 0 Å². The number of pyridine rings is 1. The van der Waals surface area contributed by atoms with Crippen LogP contribution in [-0.4, -0.2) is 40.4 Å². The van der Waals surface area contributed by atoms with Gasteiger partial charge in [-0.25, -0.2) is 4.98 Å². The van der Waals surface area contributed by atoms with E-state index in [9.17, 15) is 0 Å². The van der Waals surface area contributed by atoms with Crippen LogP contribution in [0.2, 0.25) is 0 Å². The summed E-state index contributed by atoms with van der Waals surface area (Å²) in [4.78, 5) is 11.4. The summed E-state index contributed by atoms with van der Waals surface area (Å²) in [7, 11) is 1.85. The number of nitrogens with zero attached hydrogens (tertiary/aromatic N) is 4. The van der Waals surface area contributed by atoms with Crippen LogP contribution in [0.5, 0.6) is 0 Å². The quantitative estimate of drug-likeness (QED) is 0.700. The predicted molar refractivity (Wildman–Crippen MR) is 90.0 cm³/mol. The number of hydrogen-bond donors (Lipinski definition) is 1. The summed E-state index contributed by atoms with van der Waals surface area (Å²) in [6.07, 6.45) is 6.54. The zero-order chi connectivity index (χ0) is 15.6. The maximum atomic E-state index is 4.62. The molecule has 22 heavy (non-hydrogen) atoms. The molecule has 0 spiro atoms. The highest BCUT2D eigenvalue weighted by molar-refractivity contribution is 5.80. The van der Waals surface area contributed by atoms with Crippen molar-refractivity contribution >= 4 is 11.6 Å². The first-order valence-corrected chi connectivity index (χ1v) is 8.02. The number of aromatic nitrogens is 2. The monoisotopic (exact) mass is 299 g/mol. The fraction of sp³-hybridized carbons (Fsp3) is 0.529. The Labute approximate surface area is 132 Å². The Hall–Kier alpha value is -2.04. The summed E-state index contributed by atoms with van der Waals surface area (Å²) in [6, 6.07) is 6.04. The molecule has 0 radical (unpaired) electrons. The van der Waals surface area contributed by atoms with Gasteiger partial charge in [-0.15, -0.1) is 0 Å². The van der Waals surface area contributed by atoms with Crippen molar-refractivity contribution in [3.8, 4) is 0 Å². The standard InChI is InChI=1S/C17H25N5/c1-4-17(2)8-10-22(13-17)16(18-3)19-11-14-12-21-9-6-5-7-15(21)20-14/h5-7,9,12H,4,8,10-11,13H2,1-3H3,(H,18,19). The molecule has 5 heteroatoms. The Morgan fingerprint density at radius 1 is 1.45 bits per heavy atom. The van der Waals surface area contributed by atoms with Gasteiger partial charge in [-0.1, -0.05) is 19.9 Å². The second-order valence-electron chi connectivity index (χ2n) is 6.43. The number of imidazole rings is 1. The summed E-state index contributed by atoms with van der Waals surface area (Å²) >= 11 is 0. The minimum absolute atomic E-state index is 0.417. The molecule has 5 nitrogen and oxygen atoms in total. The van der Waals surface area contributed by atoms with Gasteiger partial charge in [0.2, 0.25) is 0 Å². The van der Waals surface area contributed by atoms with E-state index in [1.165, 1.54) is 12.8 Å². The number of rotatable bonds is 3. The Morgan fingerprint density at radius 2 is 2.32 bits per heavy atom. The van der Waals surface area contributed by atoms with E-state index in [0.29, 0.717) is 12.0 Å². The van der Waals surface area contributed by atoms with E-state index in [-0.39, 0.29) is 0 Å². The summed E-state index contributed by atoms with van der Waals surface area (Å²) < 4.78 is 2.05. The van der Waals surface area contributed by atoms with Gasteiger partial charge in [0.1, 0.15) is 5.65 Å². The van der Waals surface area contributed by atoms with E-state index >= 15 is 0 Å². The van der Waals surface area contributed by atoms with Crippen LogP contribution in [0.3, 0.4) is 0 Å². The number of guanidine groups is 1. The van der Waals surface area contributed by atoms with Gasteiger partial charge in [-0.05, 0) is 30.4 Å². The van der Waals surface area contributed by atoms with E-state index in [2.05, 4.69) is 40.2 Å². The second-order valence-corrected chi connectivity index (χ2v) is 6.43. The van der Waals surface area contributed by atoms with Gasteiger partial charge in [0, 0.05) is 32.5 Å². The molecule has 0 aromatic carbocycles. The Balaban J connectivity index is 1.64. The fourth-order valence-corrected chi connectivity index (χ4v) is 3.07. The molecule has 3 rings (SSSR count). The third-order valence-electron chi connectivity index (χ3n) is 4.76. The van der Waals surface area contributed by atoms with Gasteiger partial charge < -0.3 is 14.6 Å². The molecule has 1 saturated heterocycles. The topological polar surface area (TPSA) is 44.9 Å². The number of aliphatic imine (C=N–C) groups is 1. The predicted octanol–water partition coefficient (Wildman–Crippen LogP) is 2.53. The summed E-state index contributed by atoms with van der Waals surface area (Å²) in [5.41, 5.74) is 2.43. The largest absolute Gasteiger partial charge is 0.351 e. The van der Waals surface area contributed by atoms with Crippen LogP contribution in [0.15, 0.2) is 35.6 Å². The minimum Gasteiger partial charge on any atom is -0.351 e. The molecule has 2 aromatic rings. The normalized spacial score (nSPS) is 22.5. The second kappa shape index (κ2) is 5.99. The molecule has 1 fully saturated rings. The lowest BCUT2D eigenvalue weighted by Crippen LogP contribution is -2.40. The molecule has 0 saturated carbocycles. The summed E-state index contributed by atoms with van der Waals surface area (Å²) in [6.45, 7) is 7.50. The lowest BCUT2D eigenvalue weighted by Gasteiger charge is -2.25. The smallest absolute Gasteiger partial charge is 0.193 e. The summed E-state index contributed by atoms with van der Waals surface area (Å²) in [5.74, 6) is 0.981. The van der Waals surface area contributed by atoms with E-state index in [1.807, 2.05) is 35.8 Å². The van der Waals surface area contributed by atoms with E-state index in [1.54, 1.807) is 0 Å². The van der Waals surface area contributed by atoms with E-state index in [4.69, 9.17) is 0 Å². The lowest BCUT2D eigenvalue weighted by molar-refractivity contribution is 0.322. The van der Waals surface area contributed by atoms with Crippen molar-refractivity contribution in [1.82, 2.24) is 19.6 Å². The molecule has 1 N–H and O–H groups in total. The van der Waals surface area contributed by atoms with Crippen LogP contribution in [0.1, 0.15) is 32.4 Å². The van der Waals surface area contributed by atoms with Crippen molar-refractivity contribution in [3.05, 3.63) is 36.3 Å². The zero-order valence-electron chi connectivity index (χ0n) is 13.7. The maximum Gasteiger partial charge on any atom is 0.193 e. The molecule has 0 bridgehead atoms. The third-order valence-corrected chi connectivity index (χ3v) is 4.76. The first-order chi connectivity index (χ1) is 10.6. The van der Waals surface area contributed by atoms with Crippen molar-refractivity contribution in [1.29, 1.82) is 0 Å². The molecule has 1 aliphatic rings. The molecular formula is C17H25N5. The van der Waals surface area contributed by atoms with Crippen molar-refractivity contribution in [3.63, 3.8) is 0 Å². The molecule has 2 aromatic heterocycles. The highest BCUT2D eigenvalue weighted by Crippen LogP contribution is 2.32. The van der Waals surface area contributed by atoms with Crippen molar-refractivity contribution in [2.75, 3.05) is 20.1 Å². The number of hydrogen-bond acceptors (Lipinski definition) is 2. The van der Waals surface area contributed by atoms with Gasteiger partial charge in [0.15, 0.2) is 5.96 Å². The van der Waals surface area contributed by atoms with Crippen LogP contribution in [0.4, 0.5) is 0 Å². The number of likely N-dealkylation sites (tertiary alicyclic amines) is 1. The molecule has 3 heterocycles. The van der Waals surface area contributed by atoms with Gasteiger partial charge in [0.05, 0.1) is 12.2 Å². The third kappa shape index (κ3) is 2.93. The molecule has 118 valence electrons. The fourth-order valence-electron chi connectivity index (χ4n) is 3.07. The zero-order valence-corrected chi connectivity index (χ0v) is 13.7. The first-order valence-electron chi connectivity index (χ1n) is 8.02. The van der Waals surface area contributed by atoms with Crippen LogP contribution in [0, 0.1) is 5.41 Å². The first kappa shape index (κ1) is 14.9. The van der Waals surface area contributed by atoms with E-state index < -0.39 is 0 Å². The van der Waals surface area contributed by atoms with Gasteiger partial charge in [0.25, 0.3) is 0 Å². The van der Waals surface area contributed by atoms with Gasteiger partial charge in [-0.3, -0.25) is 4.99 Å². The molecule has 1 aliphatic heterocycles. The molecular weight excluding hydrogens is 274 g/mol. The van der Waals surface area contributed by atoms with Gasteiger partial charge in [-0.2, -0.15) is 0 Å². The van der Waals surface area contributed by atoms with E-state index in [0.717, 1.165) is 30.4 Å². The highest BCUT2D eigenvalue weighted by Gasteiger charge is 2.33. The van der Waals surface area contributed by atoms with Crippen molar-refractivity contribution in [2.24, 2.45) is 10.4 Å². The highest BCUT2D eigenvalue weighted by atomic mass is 15.3. The van der Waals surface area contributed by atoms with Crippen molar-refractivity contribution in [2.45, 2.75) is 33.2 Å². The average Bonchev–Trinajstić information content (AvgIpc) is 3.12. The molecule has 0 amide bonds. The van der Waals surface area contributed by atoms with Crippen LogP contribution in [-0.2, 0) is 6.54 Å². The van der Waals surface area contributed by atoms with Crippen LogP contribution >= 0.6 is 0 Å². The SMILES string of the molecule is CCC1(C)CCN(C(=NC)NCc2cn3ccccc3n2)C1. The van der Waals surface area contributed by atoms with Crippen LogP contribution < -0.4 is 5.32 Å². The Morgan fingerprint density at radius 3 is 3.00 bits per heavy atom. The molecule has 0 aliphatic carbocycles.